The number of hydrogen-bond donors (Lipinski definition) is 2. The SMILES string of the molecule is COCC(C)CC(=O)NCCOc1ccc(N)cc1. The van der Waals surface area contributed by atoms with Gasteiger partial charge in [-0.3, -0.25) is 4.79 Å². The van der Waals surface area contributed by atoms with Crippen molar-refractivity contribution in [1.29, 1.82) is 0 Å². The van der Waals surface area contributed by atoms with Crippen LogP contribution in [0.5, 0.6) is 5.75 Å². The molecule has 1 atom stereocenters. The van der Waals surface area contributed by atoms with Crippen LogP contribution in [0, 0.1) is 5.92 Å². The van der Waals surface area contributed by atoms with Crippen LogP contribution < -0.4 is 15.8 Å². The first-order valence-corrected chi connectivity index (χ1v) is 6.35. The number of rotatable bonds is 8. The Hall–Kier alpha value is -1.75. The fraction of sp³-hybridized carbons (Fsp3) is 0.500. The second-order valence-electron chi connectivity index (χ2n) is 4.53. The monoisotopic (exact) mass is 266 g/mol. The summed E-state index contributed by atoms with van der Waals surface area (Å²) in [6, 6.07) is 7.16. The first-order valence-electron chi connectivity index (χ1n) is 6.35. The van der Waals surface area contributed by atoms with Gasteiger partial charge in [0, 0.05) is 25.8 Å². The smallest absolute Gasteiger partial charge is 0.220 e. The molecule has 1 unspecified atom stereocenters. The minimum atomic E-state index is 0.0189. The van der Waals surface area contributed by atoms with E-state index in [1.54, 1.807) is 31.4 Å². The predicted molar refractivity (Wildman–Crippen MR) is 75.0 cm³/mol. The Morgan fingerprint density at radius 3 is 2.68 bits per heavy atom. The lowest BCUT2D eigenvalue weighted by Crippen LogP contribution is -2.29. The first kappa shape index (κ1) is 15.3. The third-order valence-electron chi connectivity index (χ3n) is 2.56. The zero-order valence-corrected chi connectivity index (χ0v) is 11.5. The van der Waals surface area contributed by atoms with E-state index in [-0.39, 0.29) is 11.8 Å². The Balaban J connectivity index is 2.13. The van der Waals surface area contributed by atoms with Crippen molar-refractivity contribution in [2.45, 2.75) is 13.3 Å². The molecule has 0 bridgehead atoms. The number of benzene rings is 1. The number of ether oxygens (including phenoxy) is 2. The topological polar surface area (TPSA) is 73.6 Å². The molecule has 0 spiro atoms. The van der Waals surface area contributed by atoms with Crippen molar-refractivity contribution in [2.24, 2.45) is 5.92 Å². The number of nitrogens with two attached hydrogens (primary N) is 1. The molecule has 0 fully saturated rings. The molecule has 0 saturated carbocycles. The lowest BCUT2D eigenvalue weighted by atomic mass is 10.1. The summed E-state index contributed by atoms with van der Waals surface area (Å²) < 4.78 is 10.5. The van der Waals surface area contributed by atoms with Gasteiger partial charge in [0.15, 0.2) is 0 Å². The molecule has 0 aliphatic heterocycles. The fourth-order valence-electron chi connectivity index (χ4n) is 1.66. The van der Waals surface area contributed by atoms with Crippen molar-refractivity contribution in [2.75, 3.05) is 32.6 Å². The van der Waals surface area contributed by atoms with Crippen molar-refractivity contribution < 1.29 is 14.3 Å². The molecule has 0 radical (unpaired) electrons. The second kappa shape index (κ2) is 8.37. The Morgan fingerprint density at radius 2 is 2.05 bits per heavy atom. The minimum absolute atomic E-state index is 0.0189. The zero-order chi connectivity index (χ0) is 14.1. The van der Waals surface area contributed by atoms with E-state index in [4.69, 9.17) is 15.2 Å². The molecule has 0 aliphatic rings. The summed E-state index contributed by atoms with van der Waals surface area (Å²) in [5.41, 5.74) is 6.27. The highest BCUT2D eigenvalue weighted by molar-refractivity contribution is 5.76. The van der Waals surface area contributed by atoms with E-state index < -0.39 is 0 Å². The number of nitrogen functional groups attached to an aromatic ring is 1. The minimum Gasteiger partial charge on any atom is -0.492 e. The number of hydrogen-bond acceptors (Lipinski definition) is 4. The van der Waals surface area contributed by atoms with Gasteiger partial charge in [0.1, 0.15) is 12.4 Å². The van der Waals surface area contributed by atoms with Gasteiger partial charge in [-0.05, 0) is 30.2 Å². The van der Waals surface area contributed by atoms with Crippen molar-refractivity contribution in [3.8, 4) is 5.75 Å². The van der Waals surface area contributed by atoms with Gasteiger partial charge in [0.25, 0.3) is 0 Å². The van der Waals surface area contributed by atoms with Crippen LogP contribution in [0.3, 0.4) is 0 Å². The summed E-state index contributed by atoms with van der Waals surface area (Å²) in [4.78, 5) is 11.5. The van der Waals surface area contributed by atoms with Crippen LogP contribution in [0.4, 0.5) is 5.69 Å². The molecule has 1 aromatic rings. The average Bonchev–Trinajstić information content (AvgIpc) is 2.37. The number of carbonyl (C=O) groups excluding carboxylic acids is 1. The van der Waals surface area contributed by atoms with Gasteiger partial charge in [-0.2, -0.15) is 0 Å². The summed E-state index contributed by atoms with van der Waals surface area (Å²) in [6.07, 6.45) is 0.468. The summed E-state index contributed by atoms with van der Waals surface area (Å²) in [5.74, 6) is 0.990. The van der Waals surface area contributed by atoms with E-state index in [1.165, 1.54) is 0 Å². The van der Waals surface area contributed by atoms with Crippen LogP contribution in [0.1, 0.15) is 13.3 Å². The molecule has 1 rings (SSSR count). The van der Waals surface area contributed by atoms with E-state index >= 15 is 0 Å². The molecule has 5 heteroatoms. The first-order chi connectivity index (χ1) is 9.11. The summed E-state index contributed by atoms with van der Waals surface area (Å²) >= 11 is 0. The molecular formula is C14H22N2O3. The summed E-state index contributed by atoms with van der Waals surface area (Å²) in [7, 11) is 1.63. The van der Waals surface area contributed by atoms with E-state index in [1.807, 2.05) is 6.92 Å². The van der Waals surface area contributed by atoms with E-state index in [0.717, 1.165) is 5.75 Å². The second-order valence-corrected chi connectivity index (χ2v) is 4.53. The molecule has 106 valence electrons. The van der Waals surface area contributed by atoms with Crippen LogP contribution in [0.2, 0.25) is 0 Å². The van der Waals surface area contributed by atoms with E-state index in [2.05, 4.69) is 5.32 Å². The Labute approximate surface area is 114 Å². The van der Waals surface area contributed by atoms with E-state index in [0.29, 0.717) is 31.9 Å². The molecule has 19 heavy (non-hydrogen) atoms. The lowest BCUT2D eigenvalue weighted by Gasteiger charge is -2.11. The Kier molecular flexibility index (Phi) is 6.74. The number of anilines is 1. The standard InChI is InChI=1S/C14H22N2O3/c1-11(10-18-2)9-14(17)16-7-8-19-13-5-3-12(15)4-6-13/h3-6,11H,7-10,15H2,1-2H3,(H,16,17). The summed E-state index contributed by atoms with van der Waals surface area (Å²) in [6.45, 7) is 3.50. The molecule has 0 aromatic heterocycles. The van der Waals surface area contributed by atoms with E-state index in [9.17, 15) is 4.79 Å². The zero-order valence-electron chi connectivity index (χ0n) is 11.5. The van der Waals surface area contributed by atoms with Gasteiger partial charge in [-0.15, -0.1) is 0 Å². The highest BCUT2D eigenvalue weighted by Crippen LogP contribution is 2.12. The van der Waals surface area contributed by atoms with Crippen LogP contribution in [-0.4, -0.2) is 32.8 Å². The fourth-order valence-corrected chi connectivity index (χ4v) is 1.66. The number of methoxy groups -OCH3 is 1. The van der Waals surface area contributed by atoms with Crippen LogP contribution >= 0.6 is 0 Å². The third kappa shape index (κ3) is 6.67. The van der Waals surface area contributed by atoms with Crippen molar-refractivity contribution in [1.82, 2.24) is 5.32 Å². The maximum Gasteiger partial charge on any atom is 0.220 e. The normalized spacial score (nSPS) is 11.9. The van der Waals surface area contributed by atoms with Gasteiger partial charge < -0.3 is 20.5 Å². The quantitative estimate of drug-likeness (QED) is 0.551. The average molecular weight is 266 g/mol. The lowest BCUT2D eigenvalue weighted by molar-refractivity contribution is -0.122. The van der Waals surface area contributed by atoms with Crippen LogP contribution in [0.15, 0.2) is 24.3 Å². The van der Waals surface area contributed by atoms with Crippen molar-refractivity contribution in [3.63, 3.8) is 0 Å². The molecule has 5 nitrogen and oxygen atoms in total. The number of nitrogens with one attached hydrogen (secondary N) is 1. The van der Waals surface area contributed by atoms with Crippen LogP contribution in [-0.2, 0) is 9.53 Å². The van der Waals surface area contributed by atoms with Gasteiger partial charge in [-0.25, -0.2) is 0 Å². The maximum absolute atomic E-state index is 11.5. The van der Waals surface area contributed by atoms with Crippen molar-refractivity contribution in [3.05, 3.63) is 24.3 Å². The molecule has 1 amide bonds. The largest absolute Gasteiger partial charge is 0.492 e. The number of carbonyl (C=O) groups is 1. The highest BCUT2D eigenvalue weighted by Gasteiger charge is 2.08. The predicted octanol–water partition coefficient (Wildman–Crippen LogP) is 1.44. The molecular weight excluding hydrogens is 244 g/mol. The van der Waals surface area contributed by atoms with Gasteiger partial charge in [0.05, 0.1) is 6.54 Å². The molecule has 1 aromatic carbocycles. The Morgan fingerprint density at radius 1 is 1.37 bits per heavy atom. The molecule has 0 saturated heterocycles. The van der Waals surface area contributed by atoms with Crippen LogP contribution in [0.25, 0.3) is 0 Å². The summed E-state index contributed by atoms with van der Waals surface area (Å²) in [5, 5.41) is 2.81. The maximum atomic E-state index is 11.5. The van der Waals surface area contributed by atoms with Gasteiger partial charge in [-0.1, -0.05) is 6.92 Å². The molecule has 3 N–H and O–H groups in total. The highest BCUT2D eigenvalue weighted by atomic mass is 16.5. The number of amides is 1. The van der Waals surface area contributed by atoms with Crippen molar-refractivity contribution >= 4 is 11.6 Å². The molecule has 0 heterocycles. The van der Waals surface area contributed by atoms with Gasteiger partial charge in [0.2, 0.25) is 5.91 Å². The van der Waals surface area contributed by atoms with Gasteiger partial charge >= 0.3 is 0 Å². The Bertz CT molecular complexity index is 379. The third-order valence-corrected chi connectivity index (χ3v) is 2.56. The molecule has 0 aliphatic carbocycles.